The van der Waals surface area contributed by atoms with Gasteiger partial charge in [0.05, 0.1) is 18.5 Å². The van der Waals surface area contributed by atoms with E-state index in [2.05, 4.69) is 15.6 Å². The van der Waals surface area contributed by atoms with Crippen LogP contribution in [0.15, 0.2) is 5.38 Å². The fourth-order valence-corrected chi connectivity index (χ4v) is 1.78. The molecular formula is C9H10F3N3O3S. The summed E-state index contributed by atoms with van der Waals surface area (Å²) in [6, 6.07) is -0.714. The van der Waals surface area contributed by atoms with Gasteiger partial charge >= 0.3 is 18.2 Å². The van der Waals surface area contributed by atoms with Gasteiger partial charge in [-0.15, -0.1) is 11.3 Å². The lowest BCUT2D eigenvalue weighted by molar-refractivity contribution is -0.136. The summed E-state index contributed by atoms with van der Waals surface area (Å²) in [6.07, 6.45) is -5.76. The van der Waals surface area contributed by atoms with Crippen molar-refractivity contribution in [2.75, 3.05) is 11.9 Å². The third-order valence-electron chi connectivity index (χ3n) is 1.78. The van der Waals surface area contributed by atoms with Crippen LogP contribution in [0.25, 0.3) is 0 Å². The number of hydrogen-bond donors (Lipinski definition) is 3. The zero-order valence-corrected chi connectivity index (χ0v) is 10.3. The molecule has 10 heteroatoms. The van der Waals surface area contributed by atoms with Crippen LogP contribution in [0.5, 0.6) is 0 Å². The van der Waals surface area contributed by atoms with Gasteiger partial charge in [-0.25, -0.2) is 9.78 Å². The lowest BCUT2D eigenvalue weighted by Crippen LogP contribution is -2.30. The van der Waals surface area contributed by atoms with E-state index in [1.54, 1.807) is 0 Å². The first kappa shape index (κ1) is 15.2. The molecule has 3 N–H and O–H groups in total. The molecule has 2 amide bonds. The van der Waals surface area contributed by atoms with Gasteiger partial charge < -0.3 is 10.4 Å². The van der Waals surface area contributed by atoms with Crippen molar-refractivity contribution in [3.63, 3.8) is 0 Å². The van der Waals surface area contributed by atoms with Crippen molar-refractivity contribution < 1.29 is 27.9 Å². The van der Waals surface area contributed by atoms with Gasteiger partial charge in [-0.1, -0.05) is 0 Å². The molecule has 6 nitrogen and oxygen atoms in total. The van der Waals surface area contributed by atoms with E-state index in [-0.39, 0.29) is 23.8 Å². The van der Waals surface area contributed by atoms with Crippen LogP contribution in [0.2, 0.25) is 0 Å². The first-order chi connectivity index (χ1) is 8.76. The van der Waals surface area contributed by atoms with Crippen molar-refractivity contribution in [2.24, 2.45) is 0 Å². The Labute approximate surface area is 109 Å². The predicted octanol–water partition coefficient (Wildman–Crippen LogP) is 1.84. The van der Waals surface area contributed by atoms with Gasteiger partial charge in [0.1, 0.15) is 0 Å². The summed E-state index contributed by atoms with van der Waals surface area (Å²) in [7, 11) is 0. The number of nitrogens with zero attached hydrogens (tertiary/aromatic N) is 1. The van der Waals surface area contributed by atoms with Crippen molar-refractivity contribution in [3.05, 3.63) is 11.1 Å². The van der Waals surface area contributed by atoms with E-state index in [0.717, 1.165) is 11.3 Å². The SMILES string of the molecule is O=C(O)CCNC(=O)Nc1nc(CC(F)(F)F)cs1. The Morgan fingerprint density at radius 1 is 1.42 bits per heavy atom. The number of anilines is 1. The second-order valence-electron chi connectivity index (χ2n) is 3.46. The number of alkyl halides is 3. The number of aliphatic carboxylic acids is 1. The Morgan fingerprint density at radius 3 is 2.68 bits per heavy atom. The maximum atomic E-state index is 12.1. The summed E-state index contributed by atoms with van der Waals surface area (Å²) >= 11 is 0.859. The molecule has 1 aromatic rings. The number of aromatic nitrogens is 1. The number of thiazole rings is 1. The van der Waals surface area contributed by atoms with Crippen LogP contribution < -0.4 is 10.6 Å². The topological polar surface area (TPSA) is 91.3 Å². The fourth-order valence-electron chi connectivity index (χ4n) is 1.08. The molecule has 0 atom stereocenters. The molecule has 0 fully saturated rings. The van der Waals surface area contributed by atoms with E-state index in [1.165, 1.54) is 5.38 Å². The van der Waals surface area contributed by atoms with E-state index in [9.17, 15) is 22.8 Å². The van der Waals surface area contributed by atoms with Crippen LogP contribution in [0.4, 0.5) is 23.1 Å². The van der Waals surface area contributed by atoms with Crippen LogP contribution in [-0.2, 0) is 11.2 Å². The number of nitrogens with one attached hydrogen (secondary N) is 2. The van der Waals surface area contributed by atoms with Gasteiger partial charge in [0.2, 0.25) is 0 Å². The number of carboxylic acid groups (broad SMARTS) is 1. The molecule has 0 saturated carbocycles. The average Bonchev–Trinajstić information content (AvgIpc) is 2.61. The Morgan fingerprint density at radius 2 is 2.11 bits per heavy atom. The van der Waals surface area contributed by atoms with E-state index < -0.39 is 24.6 Å². The van der Waals surface area contributed by atoms with Gasteiger partial charge in [0, 0.05) is 11.9 Å². The smallest absolute Gasteiger partial charge is 0.394 e. The summed E-state index contributed by atoms with van der Waals surface area (Å²) < 4.78 is 36.2. The van der Waals surface area contributed by atoms with Crippen molar-refractivity contribution in [2.45, 2.75) is 19.0 Å². The van der Waals surface area contributed by atoms with Crippen molar-refractivity contribution in [1.29, 1.82) is 0 Å². The third kappa shape index (κ3) is 6.60. The van der Waals surface area contributed by atoms with E-state index >= 15 is 0 Å². The number of rotatable bonds is 5. The second-order valence-corrected chi connectivity index (χ2v) is 4.32. The van der Waals surface area contributed by atoms with Gasteiger partial charge in [-0.05, 0) is 0 Å². The highest BCUT2D eigenvalue weighted by atomic mass is 32.1. The molecule has 0 aliphatic rings. The Hall–Kier alpha value is -1.84. The molecule has 0 spiro atoms. The molecule has 1 rings (SSSR count). The molecule has 0 bridgehead atoms. The lowest BCUT2D eigenvalue weighted by Gasteiger charge is -2.03. The zero-order chi connectivity index (χ0) is 14.5. The lowest BCUT2D eigenvalue weighted by atomic mass is 10.3. The van der Waals surface area contributed by atoms with E-state index in [1.807, 2.05) is 0 Å². The summed E-state index contributed by atoms with van der Waals surface area (Å²) in [4.78, 5) is 25.0. The quantitative estimate of drug-likeness (QED) is 0.773. The van der Waals surface area contributed by atoms with Gasteiger partial charge in [-0.2, -0.15) is 13.2 Å². The molecule has 0 saturated heterocycles. The number of hydrogen-bond acceptors (Lipinski definition) is 4. The highest BCUT2D eigenvalue weighted by Crippen LogP contribution is 2.24. The number of carboxylic acids is 1. The highest BCUT2D eigenvalue weighted by Gasteiger charge is 2.29. The van der Waals surface area contributed by atoms with Gasteiger partial charge in [-0.3, -0.25) is 10.1 Å². The first-order valence-electron chi connectivity index (χ1n) is 5.04. The molecule has 0 radical (unpaired) electrons. The van der Waals surface area contributed by atoms with Crippen molar-refractivity contribution in [3.8, 4) is 0 Å². The Bertz CT molecular complexity index is 461. The van der Waals surface area contributed by atoms with Crippen LogP contribution in [0, 0.1) is 0 Å². The standard InChI is InChI=1S/C9H10F3N3O3S/c10-9(11,12)3-5-4-19-8(14-5)15-7(18)13-2-1-6(16)17/h4H,1-3H2,(H,16,17)(H2,13,14,15,18). The molecule has 0 unspecified atom stereocenters. The van der Waals surface area contributed by atoms with E-state index in [0.29, 0.717) is 0 Å². The van der Waals surface area contributed by atoms with Gasteiger partial charge in [0.15, 0.2) is 5.13 Å². The minimum atomic E-state index is -4.35. The average molecular weight is 297 g/mol. The minimum absolute atomic E-state index is 0.0204. The minimum Gasteiger partial charge on any atom is -0.481 e. The second kappa shape index (κ2) is 6.36. The van der Waals surface area contributed by atoms with Gasteiger partial charge in [0.25, 0.3) is 0 Å². The van der Waals surface area contributed by atoms with Crippen molar-refractivity contribution >= 4 is 28.5 Å². The first-order valence-corrected chi connectivity index (χ1v) is 5.92. The third-order valence-corrected chi connectivity index (χ3v) is 2.58. The molecule has 1 heterocycles. The van der Waals surface area contributed by atoms with Crippen LogP contribution in [0.1, 0.15) is 12.1 Å². The summed E-state index contributed by atoms with van der Waals surface area (Å²) in [5.74, 6) is -1.07. The van der Waals surface area contributed by atoms with E-state index in [4.69, 9.17) is 5.11 Å². The molecule has 0 aliphatic carbocycles. The van der Waals surface area contributed by atoms with Crippen molar-refractivity contribution in [1.82, 2.24) is 10.3 Å². The van der Waals surface area contributed by atoms with Crippen LogP contribution in [-0.4, -0.2) is 34.8 Å². The molecule has 0 aromatic carbocycles. The monoisotopic (exact) mass is 297 g/mol. The normalized spacial score (nSPS) is 11.1. The molecule has 106 valence electrons. The maximum absolute atomic E-state index is 12.1. The molecule has 1 aromatic heterocycles. The molecule has 0 aliphatic heterocycles. The van der Waals surface area contributed by atoms with Crippen LogP contribution in [0.3, 0.4) is 0 Å². The summed E-state index contributed by atoms with van der Waals surface area (Å²) in [5, 5.41) is 14.0. The molecular weight excluding hydrogens is 287 g/mol. The number of halogens is 3. The maximum Gasteiger partial charge on any atom is 0.394 e. The summed E-state index contributed by atoms with van der Waals surface area (Å²) in [6.45, 7) is -0.0814. The highest BCUT2D eigenvalue weighted by molar-refractivity contribution is 7.13. The Balaban J connectivity index is 2.41. The number of amides is 2. The fraction of sp³-hybridized carbons (Fsp3) is 0.444. The predicted molar refractivity (Wildman–Crippen MR) is 61.1 cm³/mol. The number of urea groups is 1. The molecule has 19 heavy (non-hydrogen) atoms. The summed E-state index contributed by atoms with van der Waals surface area (Å²) in [5.41, 5.74) is -0.182. The zero-order valence-electron chi connectivity index (χ0n) is 9.45. The number of carbonyl (C=O) groups is 2. The largest absolute Gasteiger partial charge is 0.481 e. The number of carbonyl (C=O) groups excluding carboxylic acids is 1. The van der Waals surface area contributed by atoms with Crippen LogP contribution >= 0.6 is 11.3 Å². The Kier molecular flexibility index (Phi) is 5.10.